The second-order valence-electron chi connectivity index (χ2n) is 7.05. The third-order valence-corrected chi connectivity index (χ3v) is 5.56. The quantitative estimate of drug-likeness (QED) is 0.379. The number of pyridine rings is 1. The second kappa shape index (κ2) is 8.83. The van der Waals surface area contributed by atoms with Gasteiger partial charge in [0.1, 0.15) is 23.2 Å². The average Bonchev–Trinajstić information content (AvgIpc) is 3.25. The van der Waals surface area contributed by atoms with E-state index in [2.05, 4.69) is 4.98 Å². The van der Waals surface area contributed by atoms with Gasteiger partial charge in [-0.15, -0.1) is 0 Å². The molecule has 0 saturated carbocycles. The zero-order valence-corrected chi connectivity index (χ0v) is 18.3. The summed E-state index contributed by atoms with van der Waals surface area (Å²) in [5, 5.41) is 10.5. The Bertz CT molecular complexity index is 1330. The number of nitriles is 1. The maximum Gasteiger partial charge on any atom is 0.271 e. The van der Waals surface area contributed by atoms with E-state index in [9.17, 15) is 14.9 Å². The van der Waals surface area contributed by atoms with Crippen molar-refractivity contribution >= 4 is 41.1 Å². The number of furan rings is 1. The molecule has 1 aliphatic rings. The first kappa shape index (κ1) is 21.6. The number of hydrogen-bond donors (Lipinski definition) is 0. The van der Waals surface area contributed by atoms with E-state index in [1.54, 1.807) is 61.8 Å². The summed E-state index contributed by atoms with van der Waals surface area (Å²) in [6.07, 6.45) is 4.68. The Morgan fingerprint density at radius 1 is 1.16 bits per heavy atom. The minimum absolute atomic E-state index is 0.00281. The predicted octanol–water partition coefficient (Wildman–Crippen LogP) is 5.44. The van der Waals surface area contributed by atoms with Gasteiger partial charge in [-0.05, 0) is 60.5 Å². The summed E-state index contributed by atoms with van der Waals surface area (Å²) in [6, 6.07) is 13.8. The van der Waals surface area contributed by atoms with Gasteiger partial charge in [0.05, 0.1) is 11.6 Å². The number of carbonyl (C=O) groups excluding carboxylic acids is 2. The first-order chi connectivity index (χ1) is 15.4. The van der Waals surface area contributed by atoms with Crippen molar-refractivity contribution in [1.29, 1.82) is 5.26 Å². The maximum atomic E-state index is 13.2. The van der Waals surface area contributed by atoms with E-state index in [1.807, 2.05) is 6.07 Å². The summed E-state index contributed by atoms with van der Waals surface area (Å²) >= 11 is 12.3. The van der Waals surface area contributed by atoms with Crippen LogP contribution < -0.4 is 0 Å². The molecule has 0 unspecified atom stereocenters. The summed E-state index contributed by atoms with van der Waals surface area (Å²) in [4.78, 5) is 31.0. The smallest absolute Gasteiger partial charge is 0.271 e. The molecular weight excluding hydrogens is 449 g/mol. The van der Waals surface area contributed by atoms with E-state index >= 15 is 0 Å². The maximum absolute atomic E-state index is 13.2. The Balaban J connectivity index is 1.73. The molecule has 0 N–H and O–H groups in total. The Kier molecular flexibility index (Phi) is 5.95. The lowest BCUT2D eigenvalue weighted by Crippen LogP contribution is -2.42. The highest BCUT2D eigenvalue weighted by molar-refractivity contribution is 6.35. The average molecular weight is 464 g/mol. The Morgan fingerprint density at radius 3 is 2.69 bits per heavy atom. The summed E-state index contributed by atoms with van der Waals surface area (Å²) in [5.74, 6) is -0.319. The van der Waals surface area contributed by atoms with E-state index in [0.29, 0.717) is 38.3 Å². The number of amides is 2. The molecule has 0 saturated heterocycles. The van der Waals surface area contributed by atoms with Gasteiger partial charge in [-0.25, -0.2) is 0 Å². The van der Waals surface area contributed by atoms with Gasteiger partial charge in [0.15, 0.2) is 0 Å². The van der Waals surface area contributed by atoms with E-state index < -0.39 is 11.8 Å². The number of hydrogen-bond acceptors (Lipinski definition) is 5. The van der Waals surface area contributed by atoms with Crippen molar-refractivity contribution in [3.05, 3.63) is 92.9 Å². The first-order valence-electron chi connectivity index (χ1n) is 9.52. The van der Waals surface area contributed by atoms with Crippen LogP contribution in [0.5, 0.6) is 0 Å². The van der Waals surface area contributed by atoms with Crippen molar-refractivity contribution in [2.75, 3.05) is 0 Å². The molecule has 158 valence electrons. The molecule has 32 heavy (non-hydrogen) atoms. The fourth-order valence-corrected chi connectivity index (χ4v) is 3.73. The van der Waals surface area contributed by atoms with Crippen LogP contribution in [0, 0.1) is 11.3 Å². The molecule has 0 aliphatic carbocycles. The van der Waals surface area contributed by atoms with E-state index in [1.165, 1.54) is 6.08 Å². The van der Waals surface area contributed by atoms with E-state index in [0.717, 1.165) is 4.90 Å². The molecular formula is C24H15Cl2N3O3. The lowest BCUT2D eigenvalue weighted by Gasteiger charge is -2.27. The summed E-state index contributed by atoms with van der Waals surface area (Å²) in [5.41, 5.74) is 1.68. The lowest BCUT2D eigenvalue weighted by molar-refractivity contribution is -0.141. The predicted molar refractivity (Wildman–Crippen MR) is 120 cm³/mol. The topological polar surface area (TPSA) is 87.2 Å². The third-order valence-electron chi connectivity index (χ3n) is 5.00. The summed E-state index contributed by atoms with van der Waals surface area (Å²) < 4.78 is 5.86. The number of nitrogens with zero attached hydrogens (tertiary/aromatic N) is 3. The van der Waals surface area contributed by atoms with Gasteiger partial charge in [-0.3, -0.25) is 19.5 Å². The van der Waals surface area contributed by atoms with Crippen LogP contribution in [0.25, 0.3) is 17.4 Å². The van der Waals surface area contributed by atoms with Crippen molar-refractivity contribution in [2.45, 2.75) is 13.5 Å². The second-order valence-corrected chi connectivity index (χ2v) is 7.90. The van der Waals surface area contributed by atoms with Crippen molar-refractivity contribution in [1.82, 2.24) is 9.88 Å². The fourth-order valence-electron chi connectivity index (χ4n) is 3.35. The molecule has 0 radical (unpaired) electrons. The molecule has 2 amide bonds. The van der Waals surface area contributed by atoms with Crippen LogP contribution in [-0.2, 0) is 16.1 Å². The molecule has 4 rings (SSSR count). The Morgan fingerprint density at radius 2 is 1.97 bits per heavy atom. The molecule has 0 atom stereocenters. The zero-order chi connectivity index (χ0) is 22.8. The van der Waals surface area contributed by atoms with E-state index in [4.69, 9.17) is 27.6 Å². The van der Waals surface area contributed by atoms with Crippen LogP contribution in [0.3, 0.4) is 0 Å². The number of benzene rings is 1. The van der Waals surface area contributed by atoms with Gasteiger partial charge in [0.2, 0.25) is 0 Å². The monoisotopic (exact) mass is 463 g/mol. The fraction of sp³-hybridized carbons (Fsp3) is 0.0833. The highest BCUT2D eigenvalue weighted by atomic mass is 35.5. The van der Waals surface area contributed by atoms with Crippen LogP contribution in [0.15, 0.2) is 76.0 Å². The first-order valence-corrected chi connectivity index (χ1v) is 10.3. The van der Waals surface area contributed by atoms with Gasteiger partial charge in [0.25, 0.3) is 11.8 Å². The highest BCUT2D eigenvalue weighted by Gasteiger charge is 2.35. The van der Waals surface area contributed by atoms with Crippen molar-refractivity contribution in [2.24, 2.45) is 0 Å². The van der Waals surface area contributed by atoms with Crippen LogP contribution >= 0.6 is 23.2 Å². The molecule has 3 aromatic rings. The molecule has 0 bridgehead atoms. The number of imide groups is 1. The molecule has 3 heterocycles. The minimum atomic E-state index is -0.637. The van der Waals surface area contributed by atoms with Crippen molar-refractivity contribution < 1.29 is 14.0 Å². The standard InChI is InChI=1S/C24H15Cl2N3O3/c1-14-18(10-17-5-7-22(32-17)19-9-16(25)4-6-21(19)26)23(30)29(24(31)20(14)11-27)13-15-3-2-8-28-12-15/h2-10,12H,13H2,1H3/b18-10+. The Hall–Kier alpha value is -3.66. The Labute approximate surface area is 194 Å². The largest absolute Gasteiger partial charge is 0.457 e. The highest BCUT2D eigenvalue weighted by Crippen LogP contribution is 2.33. The number of aromatic nitrogens is 1. The van der Waals surface area contributed by atoms with Gasteiger partial charge in [-0.2, -0.15) is 5.26 Å². The van der Waals surface area contributed by atoms with Crippen LogP contribution in [0.2, 0.25) is 10.0 Å². The number of carbonyl (C=O) groups is 2. The minimum Gasteiger partial charge on any atom is -0.457 e. The molecule has 1 aromatic carbocycles. The zero-order valence-electron chi connectivity index (χ0n) is 16.8. The summed E-state index contributed by atoms with van der Waals surface area (Å²) in [7, 11) is 0. The van der Waals surface area contributed by atoms with Crippen LogP contribution in [0.4, 0.5) is 0 Å². The van der Waals surface area contributed by atoms with Gasteiger partial charge >= 0.3 is 0 Å². The van der Waals surface area contributed by atoms with Gasteiger partial charge in [-0.1, -0.05) is 29.3 Å². The van der Waals surface area contributed by atoms with Crippen LogP contribution in [-0.4, -0.2) is 21.7 Å². The molecule has 0 spiro atoms. The third kappa shape index (κ3) is 4.09. The van der Waals surface area contributed by atoms with Crippen LogP contribution in [0.1, 0.15) is 18.2 Å². The molecule has 2 aromatic heterocycles. The number of halogens is 2. The van der Waals surface area contributed by atoms with Crippen molar-refractivity contribution in [3.8, 4) is 17.4 Å². The van der Waals surface area contributed by atoms with E-state index in [-0.39, 0.29) is 17.7 Å². The number of rotatable bonds is 4. The van der Waals surface area contributed by atoms with Gasteiger partial charge in [0, 0.05) is 28.6 Å². The SMILES string of the molecule is CC1=C(C#N)C(=O)N(Cc2cccnc2)C(=O)/C1=C/c1ccc(-c2cc(Cl)ccc2Cl)o1. The molecule has 8 heteroatoms. The normalized spacial score (nSPS) is 15.4. The molecule has 6 nitrogen and oxygen atoms in total. The van der Waals surface area contributed by atoms with Crippen molar-refractivity contribution in [3.63, 3.8) is 0 Å². The summed E-state index contributed by atoms with van der Waals surface area (Å²) in [6.45, 7) is 1.57. The molecule has 0 fully saturated rings. The lowest BCUT2D eigenvalue weighted by atomic mass is 9.94. The molecule has 1 aliphatic heterocycles. The van der Waals surface area contributed by atoms with Gasteiger partial charge < -0.3 is 4.42 Å².